The number of rotatable bonds is 11. The van der Waals surface area contributed by atoms with Crippen LogP contribution in [0.4, 0.5) is 10.8 Å². The molecule has 0 saturated carbocycles. The largest absolute Gasteiger partial charge is 0.496 e. The van der Waals surface area contributed by atoms with Crippen molar-refractivity contribution in [2.75, 3.05) is 17.7 Å². The van der Waals surface area contributed by atoms with Gasteiger partial charge in [-0.25, -0.2) is 4.98 Å². The zero-order valence-electron chi connectivity index (χ0n) is 24.8. The van der Waals surface area contributed by atoms with Gasteiger partial charge in [0.15, 0.2) is 5.13 Å². The number of anilines is 2. The van der Waals surface area contributed by atoms with E-state index in [1.807, 2.05) is 41.8 Å². The number of halogens is 1. The average Bonchev–Trinajstić information content (AvgIpc) is 3.54. The van der Waals surface area contributed by atoms with E-state index in [1.54, 1.807) is 86.8 Å². The van der Waals surface area contributed by atoms with E-state index in [4.69, 9.17) is 16.3 Å². The monoisotopic (exact) mass is 668 g/mol. The lowest BCUT2D eigenvalue weighted by Crippen LogP contribution is -2.30. The lowest BCUT2D eigenvalue weighted by molar-refractivity contribution is -0.115. The zero-order valence-corrected chi connectivity index (χ0v) is 27.2. The quantitative estimate of drug-likeness (QED) is 0.0972. The van der Waals surface area contributed by atoms with E-state index in [0.717, 1.165) is 10.5 Å². The van der Waals surface area contributed by atoms with Crippen LogP contribution in [0.5, 0.6) is 5.75 Å². The molecule has 3 amide bonds. The molecule has 0 spiro atoms. The van der Waals surface area contributed by atoms with Crippen molar-refractivity contribution in [3.05, 3.63) is 130 Å². The van der Waals surface area contributed by atoms with E-state index in [0.29, 0.717) is 38.4 Å². The van der Waals surface area contributed by atoms with E-state index in [9.17, 15) is 14.4 Å². The predicted octanol–water partition coefficient (Wildman–Crippen LogP) is 8.00. The Balaban J connectivity index is 1.25. The predicted molar refractivity (Wildman–Crippen MR) is 186 cm³/mol. The average molecular weight is 669 g/mol. The number of hydrogen-bond donors (Lipinski definition) is 3. The molecule has 1 heterocycles. The summed E-state index contributed by atoms with van der Waals surface area (Å²) >= 11 is 8.70. The van der Waals surface area contributed by atoms with Gasteiger partial charge in [-0.1, -0.05) is 60.1 Å². The second-order valence-electron chi connectivity index (χ2n) is 9.90. The summed E-state index contributed by atoms with van der Waals surface area (Å²) in [5.41, 5.74) is 3.21. The first-order chi connectivity index (χ1) is 22.3. The number of hydrogen-bond acceptors (Lipinski definition) is 7. The number of benzene rings is 4. The maximum atomic E-state index is 13.4. The normalized spacial score (nSPS) is 11.8. The summed E-state index contributed by atoms with van der Waals surface area (Å²) in [4.78, 5) is 44.7. The van der Waals surface area contributed by atoms with Gasteiger partial charge in [-0.3, -0.25) is 14.4 Å². The van der Waals surface area contributed by atoms with Crippen LogP contribution in [0.15, 0.2) is 119 Å². The number of carbonyl (C=O) groups is 3. The number of thioether (sulfide) groups is 1. The van der Waals surface area contributed by atoms with E-state index >= 15 is 0 Å². The second kappa shape index (κ2) is 15.4. The molecule has 0 aliphatic rings. The molecule has 5 aromatic rings. The summed E-state index contributed by atoms with van der Waals surface area (Å²) < 4.78 is 5.43. The lowest BCUT2D eigenvalue weighted by atomic mass is 10.1. The highest BCUT2D eigenvalue weighted by atomic mass is 35.5. The number of methoxy groups -OCH3 is 1. The Labute approximate surface area is 279 Å². The van der Waals surface area contributed by atoms with Gasteiger partial charge in [0, 0.05) is 32.1 Å². The van der Waals surface area contributed by atoms with Crippen molar-refractivity contribution in [1.29, 1.82) is 0 Å². The van der Waals surface area contributed by atoms with Crippen molar-refractivity contribution in [1.82, 2.24) is 10.3 Å². The Kier molecular flexibility index (Phi) is 10.9. The number of nitrogens with one attached hydrogen (secondary N) is 3. The topological polar surface area (TPSA) is 109 Å². The first-order valence-corrected chi connectivity index (χ1v) is 16.2. The third-order valence-electron chi connectivity index (χ3n) is 6.60. The van der Waals surface area contributed by atoms with Crippen molar-refractivity contribution in [3.63, 3.8) is 0 Å². The molecule has 11 heteroatoms. The molecular formula is C35H29ClN4O4S2. The van der Waals surface area contributed by atoms with Gasteiger partial charge in [0.2, 0.25) is 5.91 Å². The maximum Gasteiger partial charge on any atom is 0.272 e. The molecule has 1 aromatic heterocycles. The Morgan fingerprint density at radius 3 is 2.41 bits per heavy atom. The van der Waals surface area contributed by atoms with Crippen molar-refractivity contribution < 1.29 is 19.1 Å². The van der Waals surface area contributed by atoms with Crippen LogP contribution in [-0.4, -0.2) is 35.1 Å². The molecule has 5 rings (SSSR count). The van der Waals surface area contributed by atoms with Crippen LogP contribution in [-0.2, 0) is 9.59 Å². The van der Waals surface area contributed by atoms with Gasteiger partial charge >= 0.3 is 0 Å². The summed E-state index contributed by atoms with van der Waals surface area (Å²) in [7, 11) is 1.61. The third kappa shape index (κ3) is 8.63. The van der Waals surface area contributed by atoms with Gasteiger partial charge in [-0.15, -0.1) is 23.1 Å². The van der Waals surface area contributed by atoms with Gasteiger partial charge in [-0.05, 0) is 73.2 Å². The zero-order chi connectivity index (χ0) is 32.5. The standard InChI is InChI=1S/C35H29ClN4O4S2/c1-22(32(41)40-35-39-30(21-45-35)28-13-6-7-14-31(28)44-2)46-27-12-8-11-26(20-27)37-34(43)29(19-23-15-17-25(36)18-16-23)38-33(42)24-9-4-3-5-10-24/h3-22H,1-2H3,(H,37,43)(H,38,42)(H,39,40,41)/b29-19-. The molecule has 1 atom stereocenters. The summed E-state index contributed by atoms with van der Waals surface area (Å²) in [6, 6.07) is 30.3. The maximum absolute atomic E-state index is 13.4. The number of thiazole rings is 1. The van der Waals surface area contributed by atoms with Gasteiger partial charge in [0.05, 0.1) is 18.1 Å². The van der Waals surface area contributed by atoms with E-state index in [2.05, 4.69) is 20.9 Å². The fourth-order valence-corrected chi connectivity index (χ4v) is 6.06. The number of ether oxygens (including phenoxy) is 1. The Bertz CT molecular complexity index is 1880. The van der Waals surface area contributed by atoms with Crippen LogP contribution >= 0.6 is 34.7 Å². The first kappa shape index (κ1) is 32.5. The number of amides is 3. The van der Waals surface area contributed by atoms with Crippen molar-refractivity contribution in [2.24, 2.45) is 0 Å². The highest BCUT2D eigenvalue weighted by Crippen LogP contribution is 2.33. The molecule has 4 aromatic carbocycles. The number of para-hydroxylation sites is 1. The molecule has 0 saturated heterocycles. The fourth-order valence-electron chi connectivity index (χ4n) is 4.29. The molecule has 0 radical (unpaired) electrons. The highest BCUT2D eigenvalue weighted by Gasteiger charge is 2.19. The van der Waals surface area contributed by atoms with Crippen LogP contribution in [0.2, 0.25) is 5.02 Å². The smallest absolute Gasteiger partial charge is 0.272 e. The summed E-state index contributed by atoms with van der Waals surface area (Å²) in [5, 5.41) is 10.9. The summed E-state index contributed by atoms with van der Waals surface area (Å²) in [6.45, 7) is 1.80. The van der Waals surface area contributed by atoms with Crippen molar-refractivity contribution in [2.45, 2.75) is 17.1 Å². The number of carbonyl (C=O) groups excluding carboxylic acids is 3. The minimum Gasteiger partial charge on any atom is -0.496 e. The number of nitrogens with zero attached hydrogens (tertiary/aromatic N) is 1. The van der Waals surface area contributed by atoms with E-state index in [1.165, 1.54) is 23.1 Å². The van der Waals surface area contributed by atoms with Gasteiger partial charge < -0.3 is 20.7 Å². The molecule has 0 fully saturated rings. The Morgan fingerprint density at radius 2 is 1.65 bits per heavy atom. The second-order valence-corrected chi connectivity index (χ2v) is 12.6. The summed E-state index contributed by atoms with van der Waals surface area (Å²) in [5.74, 6) is -0.443. The molecule has 3 N–H and O–H groups in total. The first-order valence-electron chi connectivity index (χ1n) is 14.1. The molecule has 8 nitrogen and oxygen atoms in total. The van der Waals surface area contributed by atoms with Gasteiger partial charge in [0.1, 0.15) is 11.4 Å². The van der Waals surface area contributed by atoms with Crippen LogP contribution in [0, 0.1) is 0 Å². The van der Waals surface area contributed by atoms with E-state index in [-0.39, 0.29) is 11.6 Å². The highest BCUT2D eigenvalue weighted by molar-refractivity contribution is 8.00. The molecule has 46 heavy (non-hydrogen) atoms. The molecule has 1 unspecified atom stereocenters. The lowest BCUT2D eigenvalue weighted by Gasteiger charge is -2.14. The third-order valence-corrected chi connectivity index (χ3v) is 8.70. The van der Waals surface area contributed by atoms with Crippen LogP contribution in [0.3, 0.4) is 0 Å². The molecule has 232 valence electrons. The minimum absolute atomic E-state index is 0.0536. The SMILES string of the molecule is COc1ccccc1-c1csc(NC(=O)C(C)Sc2cccc(NC(=O)/C(=C/c3ccc(Cl)cc3)NC(=O)c3ccccc3)c2)n1. The molecule has 0 aliphatic carbocycles. The molecule has 0 aliphatic heterocycles. The van der Waals surface area contributed by atoms with Crippen LogP contribution < -0.4 is 20.7 Å². The fraction of sp³-hybridized carbons (Fsp3) is 0.0857. The van der Waals surface area contributed by atoms with Crippen molar-refractivity contribution in [3.8, 4) is 17.0 Å². The van der Waals surface area contributed by atoms with E-state index < -0.39 is 17.1 Å². The number of aromatic nitrogens is 1. The molecule has 0 bridgehead atoms. The summed E-state index contributed by atoms with van der Waals surface area (Å²) in [6.07, 6.45) is 1.58. The minimum atomic E-state index is -0.512. The Morgan fingerprint density at radius 1 is 0.913 bits per heavy atom. The molecular weight excluding hydrogens is 640 g/mol. The van der Waals surface area contributed by atoms with Gasteiger partial charge in [-0.2, -0.15) is 0 Å². The van der Waals surface area contributed by atoms with Crippen LogP contribution in [0.25, 0.3) is 17.3 Å². The van der Waals surface area contributed by atoms with Crippen molar-refractivity contribution >= 4 is 69.3 Å². The Hall–Kier alpha value is -4.90. The van der Waals surface area contributed by atoms with Gasteiger partial charge in [0.25, 0.3) is 11.8 Å². The van der Waals surface area contributed by atoms with Crippen LogP contribution in [0.1, 0.15) is 22.8 Å².